The van der Waals surface area contributed by atoms with Crippen molar-refractivity contribution in [1.29, 1.82) is 5.41 Å². The van der Waals surface area contributed by atoms with Gasteiger partial charge in [-0.3, -0.25) is 5.41 Å². The Kier molecular flexibility index (Phi) is 3.59. The quantitative estimate of drug-likeness (QED) is 0.640. The van der Waals surface area contributed by atoms with Crippen molar-refractivity contribution in [3.63, 3.8) is 0 Å². The van der Waals surface area contributed by atoms with Crippen molar-refractivity contribution < 1.29 is 0 Å². The number of nitrogens with two attached hydrogens (primary N) is 1. The van der Waals surface area contributed by atoms with Gasteiger partial charge in [-0.1, -0.05) is 13.8 Å². The molecule has 0 bridgehead atoms. The zero-order chi connectivity index (χ0) is 14.0. The first-order valence-corrected chi connectivity index (χ1v) is 6.34. The molecule has 0 amide bonds. The average Bonchev–Trinajstić information content (AvgIpc) is 2.81. The van der Waals surface area contributed by atoms with Crippen LogP contribution in [-0.4, -0.2) is 25.6 Å². The molecule has 0 radical (unpaired) electrons. The highest BCUT2D eigenvalue weighted by Crippen LogP contribution is 2.15. The van der Waals surface area contributed by atoms with E-state index in [1.54, 1.807) is 10.7 Å². The molecule has 19 heavy (non-hydrogen) atoms. The van der Waals surface area contributed by atoms with Gasteiger partial charge in [0, 0.05) is 18.5 Å². The third-order valence-corrected chi connectivity index (χ3v) is 2.86. The van der Waals surface area contributed by atoms with Crippen LogP contribution >= 0.6 is 0 Å². The Labute approximate surface area is 112 Å². The number of nitrogens with zero attached hydrogens (tertiary/aromatic N) is 4. The largest absolute Gasteiger partial charge is 0.384 e. The van der Waals surface area contributed by atoms with Gasteiger partial charge in [-0.2, -0.15) is 4.68 Å². The minimum absolute atomic E-state index is 0.0156. The van der Waals surface area contributed by atoms with Gasteiger partial charge in [0.2, 0.25) is 0 Å². The van der Waals surface area contributed by atoms with Crippen LogP contribution in [0.15, 0.2) is 12.1 Å². The second-order valence-corrected chi connectivity index (χ2v) is 4.30. The van der Waals surface area contributed by atoms with Crippen LogP contribution in [0.5, 0.6) is 0 Å². The molecule has 0 aromatic carbocycles. The zero-order valence-electron chi connectivity index (χ0n) is 11.4. The van der Waals surface area contributed by atoms with Crippen molar-refractivity contribution in [3.05, 3.63) is 35.0 Å². The first-order chi connectivity index (χ1) is 9.06. The molecule has 0 saturated carbocycles. The molecule has 6 nitrogen and oxygen atoms in total. The van der Waals surface area contributed by atoms with E-state index in [4.69, 9.17) is 11.1 Å². The minimum Gasteiger partial charge on any atom is -0.384 e. The molecule has 0 aliphatic heterocycles. The lowest BCUT2D eigenvalue weighted by atomic mass is 10.2. The summed E-state index contributed by atoms with van der Waals surface area (Å²) < 4.78 is 1.70. The van der Waals surface area contributed by atoms with Crippen molar-refractivity contribution in [2.24, 2.45) is 5.73 Å². The standard InChI is InChI=1S/C13H18N6/c1-4-10-17-11(5-2)19(18-10)13-9(12(14)15)7-6-8(3)16-13/h6-7H,4-5H2,1-3H3,(H3,14,15). The molecule has 0 fully saturated rings. The van der Waals surface area contributed by atoms with Crippen molar-refractivity contribution in [2.45, 2.75) is 33.6 Å². The summed E-state index contributed by atoms with van der Waals surface area (Å²) in [4.78, 5) is 8.91. The first kappa shape index (κ1) is 13.2. The van der Waals surface area contributed by atoms with E-state index in [2.05, 4.69) is 15.1 Å². The molecule has 0 aliphatic rings. The maximum atomic E-state index is 7.65. The van der Waals surface area contributed by atoms with Gasteiger partial charge in [0.15, 0.2) is 11.6 Å². The predicted molar refractivity (Wildman–Crippen MR) is 73.7 cm³/mol. The highest BCUT2D eigenvalue weighted by atomic mass is 15.4. The molecule has 0 atom stereocenters. The van der Waals surface area contributed by atoms with Crippen LogP contribution in [0.4, 0.5) is 0 Å². The summed E-state index contributed by atoms with van der Waals surface area (Å²) in [7, 11) is 0. The van der Waals surface area contributed by atoms with Gasteiger partial charge < -0.3 is 5.73 Å². The van der Waals surface area contributed by atoms with Gasteiger partial charge in [-0.25, -0.2) is 9.97 Å². The lowest BCUT2D eigenvalue weighted by Gasteiger charge is -2.09. The molecule has 0 aliphatic carbocycles. The van der Waals surface area contributed by atoms with Gasteiger partial charge in [0.05, 0.1) is 5.56 Å². The normalized spacial score (nSPS) is 10.7. The Morgan fingerprint density at radius 3 is 2.58 bits per heavy atom. The smallest absolute Gasteiger partial charge is 0.166 e. The Bertz CT molecular complexity index is 614. The Hall–Kier alpha value is -2.24. The summed E-state index contributed by atoms with van der Waals surface area (Å²) in [6.45, 7) is 5.93. The van der Waals surface area contributed by atoms with E-state index in [9.17, 15) is 0 Å². The van der Waals surface area contributed by atoms with Gasteiger partial charge in [0.25, 0.3) is 0 Å². The zero-order valence-corrected chi connectivity index (χ0v) is 11.4. The minimum atomic E-state index is -0.0156. The third kappa shape index (κ3) is 2.47. The number of hydrogen-bond acceptors (Lipinski definition) is 4. The number of amidine groups is 1. The Morgan fingerprint density at radius 2 is 2.00 bits per heavy atom. The third-order valence-electron chi connectivity index (χ3n) is 2.86. The second-order valence-electron chi connectivity index (χ2n) is 4.30. The van der Waals surface area contributed by atoms with Crippen LogP contribution in [0.1, 0.15) is 36.8 Å². The van der Waals surface area contributed by atoms with E-state index in [1.165, 1.54) is 0 Å². The SMILES string of the molecule is CCc1nc(CC)n(-c2nc(C)ccc2C(=N)N)n1. The summed E-state index contributed by atoms with van der Waals surface area (Å²) in [5.74, 6) is 2.17. The molecule has 6 heteroatoms. The van der Waals surface area contributed by atoms with Crippen LogP contribution in [0.25, 0.3) is 5.82 Å². The molecule has 100 valence electrons. The fourth-order valence-electron chi connectivity index (χ4n) is 1.85. The van der Waals surface area contributed by atoms with E-state index in [1.807, 2.05) is 26.8 Å². The lowest BCUT2D eigenvalue weighted by Crippen LogP contribution is -2.18. The Morgan fingerprint density at radius 1 is 1.26 bits per heavy atom. The number of rotatable bonds is 4. The number of hydrogen-bond donors (Lipinski definition) is 2. The molecule has 0 spiro atoms. The van der Waals surface area contributed by atoms with Gasteiger partial charge >= 0.3 is 0 Å². The van der Waals surface area contributed by atoms with E-state index in [0.29, 0.717) is 11.4 Å². The number of pyridine rings is 1. The van der Waals surface area contributed by atoms with Gasteiger partial charge in [0.1, 0.15) is 11.7 Å². The summed E-state index contributed by atoms with van der Waals surface area (Å²) in [6.07, 6.45) is 1.52. The summed E-state index contributed by atoms with van der Waals surface area (Å²) in [5, 5.41) is 12.1. The maximum absolute atomic E-state index is 7.65. The van der Waals surface area contributed by atoms with Gasteiger partial charge in [-0.15, -0.1) is 5.10 Å². The molecule has 2 aromatic rings. The maximum Gasteiger partial charge on any atom is 0.166 e. The van der Waals surface area contributed by atoms with Crippen molar-refractivity contribution in [3.8, 4) is 5.82 Å². The molecular formula is C13H18N6. The van der Waals surface area contributed by atoms with E-state index >= 15 is 0 Å². The van der Waals surface area contributed by atoms with Crippen molar-refractivity contribution in [1.82, 2.24) is 19.7 Å². The van der Waals surface area contributed by atoms with Crippen LogP contribution in [0, 0.1) is 12.3 Å². The molecular weight excluding hydrogens is 240 g/mol. The van der Waals surface area contributed by atoms with Crippen LogP contribution in [-0.2, 0) is 12.8 Å². The predicted octanol–water partition coefficient (Wildman–Crippen LogP) is 1.38. The van der Waals surface area contributed by atoms with E-state index in [-0.39, 0.29) is 5.84 Å². The van der Waals surface area contributed by atoms with Crippen LogP contribution in [0.3, 0.4) is 0 Å². The molecule has 2 rings (SSSR count). The highest BCUT2D eigenvalue weighted by Gasteiger charge is 2.15. The summed E-state index contributed by atoms with van der Waals surface area (Å²) in [6, 6.07) is 3.64. The van der Waals surface area contributed by atoms with Crippen LogP contribution < -0.4 is 5.73 Å². The van der Waals surface area contributed by atoms with Crippen LogP contribution in [0.2, 0.25) is 0 Å². The van der Waals surface area contributed by atoms with E-state index in [0.717, 1.165) is 30.2 Å². The van der Waals surface area contributed by atoms with E-state index < -0.39 is 0 Å². The van der Waals surface area contributed by atoms with Crippen molar-refractivity contribution in [2.75, 3.05) is 0 Å². The van der Waals surface area contributed by atoms with Gasteiger partial charge in [-0.05, 0) is 19.1 Å². The molecule has 0 unspecified atom stereocenters. The average molecular weight is 258 g/mol. The Balaban J connectivity index is 2.66. The molecule has 2 aromatic heterocycles. The lowest BCUT2D eigenvalue weighted by molar-refractivity contribution is 0.764. The fourth-order valence-corrected chi connectivity index (χ4v) is 1.85. The molecule has 2 heterocycles. The number of nitrogens with one attached hydrogen (secondary N) is 1. The number of aromatic nitrogens is 4. The topological polar surface area (TPSA) is 93.5 Å². The summed E-state index contributed by atoms with van der Waals surface area (Å²) in [5.41, 5.74) is 7.05. The summed E-state index contributed by atoms with van der Waals surface area (Å²) >= 11 is 0. The number of aryl methyl sites for hydroxylation is 3. The number of nitrogen functional groups attached to an aromatic ring is 1. The highest BCUT2D eigenvalue weighted by molar-refractivity contribution is 5.97. The van der Waals surface area contributed by atoms with Crippen molar-refractivity contribution >= 4 is 5.84 Å². The fraction of sp³-hybridized carbons (Fsp3) is 0.385. The second kappa shape index (κ2) is 5.17. The molecule has 0 saturated heterocycles. The molecule has 3 N–H and O–H groups in total. The monoisotopic (exact) mass is 258 g/mol. The first-order valence-electron chi connectivity index (χ1n) is 6.34.